The lowest BCUT2D eigenvalue weighted by molar-refractivity contribution is 0.601. The molecule has 2 rings (SSSR count). The molecule has 1 atom stereocenters. The molecule has 0 aromatic heterocycles. The SMILES string of the molecule is CC1Cc2cc(Br)ccc2OS1. The normalized spacial score (nSPS) is 21.3. The van der Waals surface area contributed by atoms with Crippen LogP contribution in [0, 0.1) is 0 Å². The Balaban J connectivity index is 2.37. The lowest BCUT2D eigenvalue weighted by Gasteiger charge is -2.20. The van der Waals surface area contributed by atoms with Crippen LogP contribution in [-0.2, 0) is 6.42 Å². The molecule has 1 aliphatic heterocycles. The summed E-state index contributed by atoms with van der Waals surface area (Å²) in [6, 6.07) is 6.15. The van der Waals surface area contributed by atoms with Crippen molar-refractivity contribution in [2.24, 2.45) is 0 Å². The van der Waals surface area contributed by atoms with Gasteiger partial charge in [0.1, 0.15) is 5.75 Å². The summed E-state index contributed by atoms with van der Waals surface area (Å²) in [4.78, 5) is 0. The van der Waals surface area contributed by atoms with Crippen LogP contribution in [-0.4, -0.2) is 5.25 Å². The molecule has 1 aromatic carbocycles. The van der Waals surface area contributed by atoms with E-state index in [-0.39, 0.29) is 0 Å². The first-order chi connectivity index (χ1) is 5.75. The zero-order valence-electron chi connectivity index (χ0n) is 6.71. The lowest BCUT2D eigenvalue weighted by Crippen LogP contribution is -2.10. The first-order valence-corrected chi connectivity index (χ1v) is 5.47. The molecule has 0 aliphatic carbocycles. The Kier molecular flexibility index (Phi) is 2.33. The molecular formula is C9H9BrOS. The van der Waals surface area contributed by atoms with Gasteiger partial charge in [0, 0.05) is 9.72 Å². The van der Waals surface area contributed by atoms with Crippen LogP contribution in [0.4, 0.5) is 0 Å². The van der Waals surface area contributed by atoms with Gasteiger partial charge in [-0.3, -0.25) is 0 Å². The lowest BCUT2D eigenvalue weighted by atomic mass is 10.1. The Hall–Kier alpha value is -0.150. The van der Waals surface area contributed by atoms with Gasteiger partial charge in [0.2, 0.25) is 0 Å². The van der Waals surface area contributed by atoms with Gasteiger partial charge in [-0.15, -0.1) is 0 Å². The van der Waals surface area contributed by atoms with Crippen molar-refractivity contribution >= 4 is 28.0 Å². The van der Waals surface area contributed by atoms with Gasteiger partial charge < -0.3 is 4.18 Å². The molecule has 1 nitrogen and oxygen atoms in total. The van der Waals surface area contributed by atoms with E-state index < -0.39 is 0 Å². The Morgan fingerprint density at radius 2 is 2.42 bits per heavy atom. The van der Waals surface area contributed by atoms with Gasteiger partial charge in [-0.1, -0.05) is 15.9 Å². The van der Waals surface area contributed by atoms with Gasteiger partial charge in [-0.05, 0) is 37.1 Å². The molecular weight excluding hydrogens is 236 g/mol. The second-order valence-electron chi connectivity index (χ2n) is 2.95. The maximum absolute atomic E-state index is 5.49. The van der Waals surface area contributed by atoms with Crippen molar-refractivity contribution in [3.8, 4) is 5.75 Å². The van der Waals surface area contributed by atoms with Crippen LogP contribution in [0.3, 0.4) is 0 Å². The van der Waals surface area contributed by atoms with Crippen molar-refractivity contribution in [2.75, 3.05) is 0 Å². The molecule has 0 fully saturated rings. The van der Waals surface area contributed by atoms with Crippen LogP contribution in [0.2, 0.25) is 0 Å². The molecule has 1 heterocycles. The maximum Gasteiger partial charge on any atom is 0.140 e. The third-order valence-corrected chi connectivity index (χ3v) is 3.10. The summed E-state index contributed by atoms with van der Waals surface area (Å²) in [5.74, 6) is 1.02. The minimum atomic E-state index is 0.562. The number of hydrogen-bond acceptors (Lipinski definition) is 2. The highest BCUT2D eigenvalue weighted by atomic mass is 79.9. The van der Waals surface area contributed by atoms with Crippen LogP contribution < -0.4 is 4.18 Å². The predicted octanol–water partition coefficient (Wildman–Crippen LogP) is 3.42. The summed E-state index contributed by atoms with van der Waals surface area (Å²) < 4.78 is 6.62. The zero-order valence-corrected chi connectivity index (χ0v) is 9.11. The Morgan fingerprint density at radius 3 is 3.25 bits per heavy atom. The minimum Gasteiger partial charge on any atom is -0.425 e. The molecule has 0 N–H and O–H groups in total. The van der Waals surface area contributed by atoms with Crippen LogP contribution in [0.1, 0.15) is 12.5 Å². The standard InChI is InChI=1S/C9H9BrOS/c1-6-4-7-5-8(10)2-3-9(7)11-12-6/h2-3,5-6H,4H2,1H3. The molecule has 12 heavy (non-hydrogen) atoms. The monoisotopic (exact) mass is 244 g/mol. The molecule has 0 saturated heterocycles. The summed E-state index contributed by atoms with van der Waals surface area (Å²) in [5, 5.41) is 0.562. The average Bonchev–Trinajstić information content (AvgIpc) is 2.03. The highest BCUT2D eigenvalue weighted by Gasteiger charge is 2.17. The minimum absolute atomic E-state index is 0.562. The summed E-state index contributed by atoms with van der Waals surface area (Å²) in [6.45, 7) is 2.18. The van der Waals surface area contributed by atoms with Gasteiger partial charge in [-0.25, -0.2) is 0 Å². The topological polar surface area (TPSA) is 9.23 Å². The highest BCUT2D eigenvalue weighted by molar-refractivity contribution is 9.10. The van der Waals surface area contributed by atoms with Crippen molar-refractivity contribution < 1.29 is 4.18 Å². The summed E-state index contributed by atoms with van der Waals surface area (Å²) in [7, 11) is 0. The zero-order chi connectivity index (χ0) is 8.55. The van der Waals surface area contributed by atoms with Crippen LogP contribution >= 0.6 is 28.0 Å². The number of fused-ring (bicyclic) bond motifs is 1. The summed E-state index contributed by atoms with van der Waals surface area (Å²) >= 11 is 5.00. The van der Waals surface area contributed by atoms with Crippen molar-refractivity contribution in [2.45, 2.75) is 18.6 Å². The Bertz CT molecular complexity index is 301. The van der Waals surface area contributed by atoms with Gasteiger partial charge >= 0.3 is 0 Å². The first kappa shape index (κ1) is 8.45. The number of benzene rings is 1. The van der Waals surface area contributed by atoms with E-state index in [0.29, 0.717) is 5.25 Å². The third kappa shape index (κ3) is 1.62. The summed E-state index contributed by atoms with van der Waals surface area (Å²) in [5.41, 5.74) is 1.30. The fraction of sp³-hybridized carbons (Fsp3) is 0.333. The maximum atomic E-state index is 5.49. The molecule has 1 aromatic rings. The van der Waals surface area contributed by atoms with Gasteiger partial charge in [0.05, 0.1) is 12.0 Å². The Morgan fingerprint density at radius 1 is 1.58 bits per heavy atom. The third-order valence-electron chi connectivity index (χ3n) is 1.83. The second-order valence-corrected chi connectivity index (χ2v) is 5.03. The molecule has 0 bridgehead atoms. The van der Waals surface area contributed by atoms with Crippen LogP contribution in [0.5, 0.6) is 5.75 Å². The Labute approximate surface area is 84.8 Å². The van der Waals surface area contributed by atoms with Crippen LogP contribution in [0.25, 0.3) is 0 Å². The van der Waals surface area contributed by atoms with E-state index in [1.54, 1.807) is 12.0 Å². The highest BCUT2D eigenvalue weighted by Crippen LogP contribution is 2.34. The van der Waals surface area contributed by atoms with Crippen molar-refractivity contribution in [3.05, 3.63) is 28.2 Å². The molecule has 0 radical (unpaired) electrons. The van der Waals surface area contributed by atoms with E-state index >= 15 is 0 Å². The van der Waals surface area contributed by atoms with E-state index in [0.717, 1.165) is 16.6 Å². The summed E-state index contributed by atoms with van der Waals surface area (Å²) in [6.07, 6.45) is 1.10. The van der Waals surface area contributed by atoms with E-state index in [4.69, 9.17) is 4.18 Å². The van der Waals surface area contributed by atoms with Gasteiger partial charge in [0.25, 0.3) is 0 Å². The molecule has 3 heteroatoms. The van der Waals surface area contributed by atoms with Crippen molar-refractivity contribution in [1.82, 2.24) is 0 Å². The smallest absolute Gasteiger partial charge is 0.140 e. The largest absolute Gasteiger partial charge is 0.425 e. The molecule has 0 spiro atoms. The van der Waals surface area contributed by atoms with Gasteiger partial charge in [-0.2, -0.15) is 0 Å². The van der Waals surface area contributed by atoms with Crippen molar-refractivity contribution in [1.29, 1.82) is 0 Å². The van der Waals surface area contributed by atoms with Gasteiger partial charge in [0.15, 0.2) is 0 Å². The average molecular weight is 245 g/mol. The van der Waals surface area contributed by atoms with E-state index in [1.807, 2.05) is 12.1 Å². The predicted molar refractivity (Wildman–Crippen MR) is 55.5 cm³/mol. The quantitative estimate of drug-likeness (QED) is 0.647. The van der Waals surface area contributed by atoms with E-state index in [1.165, 1.54) is 5.56 Å². The number of rotatable bonds is 0. The molecule has 64 valence electrons. The fourth-order valence-electron chi connectivity index (χ4n) is 1.27. The molecule has 0 saturated carbocycles. The molecule has 1 unspecified atom stereocenters. The molecule has 0 amide bonds. The fourth-order valence-corrected chi connectivity index (χ4v) is 2.35. The van der Waals surface area contributed by atoms with Crippen LogP contribution in [0.15, 0.2) is 22.7 Å². The van der Waals surface area contributed by atoms with E-state index in [9.17, 15) is 0 Å². The second kappa shape index (κ2) is 3.30. The number of hydrogen-bond donors (Lipinski definition) is 0. The molecule has 1 aliphatic rings. The van der Waals surface area contributed by atoms with E-state index in [2.05, 4.69) is 28.9 Å². The van der Waals surface area contributed by atoms with Crippen molar-refractivity contribution in [3.63, 3.8) is 0 Å². The first-order valence-electron chi connectivity index (χ1n) is 3.87. The number of halogens is 1.